The molecule has 0 saturated carbocycles. The van der Waals surface area contributed by atoms with Gasteiger partial charge in [0.2, 0.25) is 5.52 Å². The Hall–Kier alpha value is -1.87. The summed E-state index contributed by atoms with van der Waals surface area (Å²) in [4.78, 5) is 3.32. The lowest BCUT2D eigenvalue weighted by Gasteiger charge is -2.19. The first kappa shape index (κ1) is 19.4. The third-order valence-electron chi connectivity index (χ3n) is 4.69. The normalized spacial score (nSPS) is 15.5. The Labute approximate surface area is 173 Å². The molecule has 3 aromatic rings. The van der Waals surface area contributed by atoms with Crippen LogP contribution < -0.4 is 9.47 Å². The van der Waals surface area contributed by atoms with Gasteiger partial charge in [-0.25, -0.2) is 0 Å². The van der Waals surface area contributed by atoms with Crippen molar-refractivity contribution in [2.75, 3.05) is 17.2 Å². The molecule has 1 aliphatic rings. The number of nitrogens with zero attached hydrogens (tertiary/aromatic N) is 2. The van der Waals surface area contributed by atoms with Crippen LogP contribution in [0.3, 0.4) is 0 Å². The highest BCUT2D eigenvalue weighted by molar-refractivity contribution is 8.03. The molecular formula is C20H21N2O3S3+. The quantitative estimate of drug-likeness (QED) is 0.482. The van der Waals surface area contributed by atoms with Crippen LogP contribution in [0.2, 0.25) is 0 Å². The summed E-state index contributed by atoms with van der Waals surface area (Å²) in [6, 6.07) is 14.6. The average Bonchev–Trinajstić information content (AvgIpc) is 3.12. The molecule has 0 amide bonds. The zero-order chi connectivity index (χ0) is 19.9. The molecule has 0 radical (unpaired) electrons. The smallest absolute Gasteiger partial charge is 0.265 e. The van der Waals surface area contributed by atoms with Crippen LogP contribution in [0.1, 0.15) is 17.0 Å². The Balaban J connectivity index is 1.71. The Kier molecular flexibility index (Phi) is 5.22. The van der Waals surface area contributed by atoms with Crippen LogP contribution in [0.4, 0.5) is 5.69 Å². The minimum atomic E-state index is -3.96. The minimum Gasteiger partial charge on any atom is -0.335 e. The second-order valence-electron chi connectivity index (χ2n) is 6.81. The Bertz CT molecular complexity index is 1180. The van der Waals surface area contributed by atoms with Gasteiger partial charge >= 0.3 is 0 Å². The maximum atomic E-state index is 11.1. The van der Waals surface area contributed by atoms with Crippen LogP contribution in [0, 0.1) is 6.92 Å². The van der Waals surface area contributed by atoms with Crippen LogP contribution in [0.15, 0.2) is 52.4 Å². The SMILES string of the molecule is Cc1ccc2c(c1)S/C(=C\c1sc3ccccc3[n+]1C)N2CCCS(=O)(=O)O. The van der Waals surface area contributed by atoms with Crippen LogP contribution in [0.25, 0.3) is 16.3 Å². The van der Waals surface area contributed by atoms with E-state index in [1.54, 1.807) is 23.1 Å². The molecule has 1 aromatic heterocycles. The molecule has 0 fully saturated rings. The molecule has 0 unspecified atom stereocenters. The number of hydrogen-bond donors (Lipinski definition) is 1. The number of aromatic nitrogens is 1. The first-order valence-corrected chi connectivity index (χ1v) is 12.2. The summed E-state index contributed by atoms with van der Waals surface area (Å²) in [6.07, 6.45) is 2.53. The van der Waals surface area contributed by atoms with Gasteiger partial charge < -0.3 is 4.90 Å². The number of hydrogen-bond acceptors (Lipinski definition) is 5. The van der Waals surface area contributed by atoms with E-state index < -0.39 is 10.1 Å². The number of aryl methyl sites for hydroxylation is 2. The molecule has 0 atom stereocenters. The summed E-state index contributed by atoms with van der Waals surface area (Å²) < 4.78 is 34.7. The Morgan fingerprint density at radius 1 is 1.21 bits per heavy atom. The minimum absolute atomic E-state index is 0.237. The van der Waals surface area contributed by atoms with Crippen molar-refractivity contribution in [3.63, 3.8) is 0 Å². The maximum absolute atomic E-state index is 11.1. The van der Waals surface area contributed by atoms with Gasteiger partial charge in [0.05, 0.1) is 22.5 Å². The van der Waals surface area contributed by atoms with Crippen molar-refractivity contribution in [1.29, 1.82) is 0 Å². The lowest BCUT2D eigenvalue weighted by Crippen LogP contribution is -2.29. The van der Waals surface area contributed by atoms with Crippen molar-refractivity contribution in [3.8, 4) is 0 Å². The highest BCUT2D eigenvalue weighted by Crippen LogP contribution is 2.47. The molecular weight excluding hydrogens is 412 g/mol. The number of anilines is 1. The molecule has 1 aliphatic heterocycles. The van der Waals surface area contributed by atoms with E-state index in [2.05, 4.69) is 59.8 Å². The number of fused-ring (bicyclic) bond motifs is 2. The topological polar surface area (TPSA) is 61.5 Å². The van der Waals surface area contributed by atoms with Gasteiger partial charge in [0, 0.05) is 17.5 Å². The third kappa shape index (κ3) is 3.96. The van der Waals surface area contributed by atoms with Crippen LogP contribution in [0.5, 0.6) is 0 Å². The van der Waals surface area contributed by atoms with Crippen molar-refractivity contribution in [2.45, 2.75) is 18.2 Å². The highest BCUT2D eigenvalue weighted by atomic mass is 32.2. The molecule has 8 heteroatoms. The summed E-state index contributed by atoms with van der Waals surface area (Å²) >= 11 is 3.43. The molecule has 5 nitrogen and oxygen atoms in total. The zero-order valence-electron chi connectivity index (χ0n) is 15.6. The zero-order valence-corrected chi connectivity index (χ0v) is 18.1. The van der Waals surface area contributed by atoms with Gasteiger partial charge in [-0.05, 0) is 37.1 Å². The van der Waals surface area contributed by atoms with E-state index in [1.165, 1.54) is 20.7 Å². The van der Waals surface area contributed by atoms with E-state index in [4.69, 9.17) is 4.55 Å². The van der Waals surface area contributed by atoms with Gasteiger partial charge in [-0.2, -0.15) is 13.0 Å². The molecule has 0 saturated heterocycles. The second kappa shape index (κ2) is 7.51. The van der Waals surface area contributed by atoms with E-state index in [1.807, 2.05) is 12.1 Å². The van der Waals surface area contributed by atoms with E-state index in [-0.39, 0.29) is 5.75 Å². The Morgan fingerprint density at radius 3 is 2.75 bits per heavy atom. The van der Waals surface area contributed by atoms with Gasteiger partial charge in [0.15, 0.2) is 0 Å². The van der Waals surface area contributed by atoms with Gasteiger partial charge in [0.1, 0.15) is 11.7 Å². The fourth-order valence-corrected chi connectivity index (χ4v) is 6.19. The fraction of sp³-hybridized carbons (Fsp3) is 0.250. The Morgan fingerprint density at radius 2 is 2.00 bits per heavy atom. The van der Waals surface area contributed by atoms with Crippen molar-refractivity contribution in [2.24, 2.45) is 7.05 Å². The van der Waals surface area contributed by atoms with E-state index in [9.17, 15) is 8.42 Å². The number of rotatable bonds is 5. The molecule has 2 heterocycles. The van der Waals surface area contributed by atoms with E-state index >= 15 is 0 Å². The van der Waals surface area contributed by atoms with Gasteiger partial charge in [-0.3, -0.25) is 4.55 Å². The number of thioether (sulfide) groups is 1. The highest BCUT2D eigenvalue weighted by Gasteiger charge is 2.27. The molecule has 2 aromatic carbocycles. The first-order valence-electron chi connectivity index (χ1n) is 8.92. The fourth-order valence-electron chi connectivity index (χ4n) is 3.31. The van der Waals surface area contributed by atoms with Crippen molar-refractivity contribution >= 4 is 55.2 Å². The van der Waals surface area contributed by atoms with Gasteiger partial charge in [-0.1, -0.05) is 41.3 Å². The summed E-state index contributed by atoms with van der Waals surface area (Å²) in [7, 11) is -1.89. The van der Waals surface area contributed by atoms with E-state index in [0.29, 0.717) is 13.0 Å². The van der Waals surface area contributed by atoms with Crippen molar-refractivity contribution in [3.05, 3.63) is 58.1 Å². The molecule has 0 aliphatic carbocycles. The molecule has 4 rings (SSSR count). The average molecular weight is 434 g/mol. The van der Waals surface area contributed by atoms with Crippen LogP contribution >= 0.6 is 23.1 Å². The van der Waals surface area contributed by atoms with Crippen LogP contribution in [-0.2, 0) is 17.2 Å². The van der Waals surface area contributed by atoms with Crippen molar-refractivity contribution in [1.82, 2.24) is 0 Å². The molecule has 146 valence electrons. The predicted octanol–water partition coefficient (Wildman–Crippen LogP) is 4.22. The molecule has 0 bridgehead atoms. The van der Waals surface area contributed by atoms with Gasteiger partial charge in [0.25, 0.3) is 15.1 Å². The third-order valence-corrected chi connectivity index (χ3v) is 7.75. The number of para-hydroxylation sites is 1. The lowest BCUT2D eigenvalue weighted by molar-refractivity contribution is -0.642. The maximum Gasteiger partial charge on any atom is 0.265 e. The summed E-state index contributed by atoms with van der Waals surface area (Å²) in [5, 5.41) is 2.20. The molecule has 28 heavy (non-hydrogen) atoms. The predicted molar refractivity (Wildman–Crippen MR) is 116 cm³/mol. The summed E-state index contributed by atoms with van der Waals surface area (Å²) in [5.74, 6) is -0.237. The largest absolute Gasteiger partial charge is 0.335 e. The number of thiazole rings is 1. The standard InChI is InChI=1S/C20H20N2O3S3/c1-14-8-9-16-18(12-14)27-20(22(16)10-5-11-28(23,24)25)13-19-21(2)15-6-3-4-7-17(15)26-19/h3-4,6-9,12-13H,5,10-11H2,1-2H3/p+1. The molecule has 0 spiro atoms. The van der Waals surface area contributed by atoms with Gasteiger partial charge in [-0.15, -0.1) is 0 Å². The first-order chi connectivity index (χ1) is 13.3. The summed E-state index contributed by atoms with van der Waals surface area (Å²) in [5.41, 5.74) is 3.47. The number of benzene rings is 2. The lowest BCUT2D eigenvalue weighted by atomic mass is 10.2. The molecule has 1 N–H and O–H groups in total. The van der Waals surface area contributed by atoms with Crippen LogP contribution in [-0.4, -0.2) is 25.3 Å². The van der Waals surface area contributed by atoms with Crippen molar-refractivity contribution < 1.29 is 17.5 Å². The monoisotopic (exact) mass is 433 g/mol. The van der Waals surface area contributed by atoms with E-state index in [0.717, 1.165) is 15.7 Å². The second-order valence-corrected chi connectivity index (χ2v) is 10.5. The summed E-state index contributed by atoms with van der Waals surface area (Å²) in [6.45, 7) is 2.60.